The Morgan fingerprint density at radius 1 is 1.15 bits per heavy atom. The van der Waals surface area contributed by atoms with Crippen molar-refractivity contribution >= 4 is 5.95 Å². The summed E-state index contributed by atoms with van der Waals surface area (Å²) in [5.74, 6) is 0.488. The summed E-state index contributed by atoms with van der Waals surface area (Å²) < 4.78 is 48.6. The minimum atomic E-state index is -4.18. The second-order valence-electron chi connectivity index (χ2n) is 6.67. The Balaban J connectivity index is 1.61. The van der Waals surface area contributed by atoms with Crippen molar-refractivity contribution in [2.75, 3.05) is 57.4 Å². The molecule has 0 aliphatic carbocycles. The van der Waals surface area contributed by atoms with Crippen LogP contribution in [0.4, 0.5) is 19.1 Å². The number of morpholine rings is 1. The average molecular weight is 374 g/mol. The van der Waals surface area contributed by atoms with Gasteiger partial charge >= 0.3 is 6.18 Å². The van der Waals surface area contributed by atoms with E-state index in [1.165, 1.54) is 6.20 Å². The van der Waals surface area contributed by atoms with E-state index in [4.69, 9.17) is 9.47 Å². The quantitative estimate of drug-likeness (QED) is 0.785. The zero-order valence-electron chi connectivity index (χ0n) is 14.7. The van der Waals surface area contributed by atoms with Crippen LogP contribution in [-0.4, -0.2) is 79.7 Å². The summed E-state index contributed by atoms with van der Waals surface area (Å²) in [5, 5.41) is 0. The van der Waals surface area contributed by atoms with Crippen molar-refractivity contribution in [3.63, 3.8) is 0 Å². The highest BCUT2D eigenvalue weighted by Gasteiger charge is 2.27. The van der Waals surface area contributed by atoms with Crippen molar-refractivity contribution in [2.45, 2.75) is 31.5 Å². The Kier molecular flexibility index (Phi) is 6.66. The molecule has 2 aliphatic rings. The van der Waals surface area contributed by atoms with Gasteiger partial charge in [0.25, 0.3) is 0 Å². The van der Waals surface area contributed by atoms with Gasteiger partial charge in [0.05, 0.1) is 19.3 Å². The zero-order chi connectivity index (χ0) is 18.4. The zero-order valence-corrected chi connectivity index (χ0v) is 14.7. The first kappa shape index (κ1) is 19.3. The summed E-state index contributed by atoms with van der Waals surface area (Å²) in [5.41, 5.74) is 0.419. The van der Waals surface area contributed by atoms with Crippen LogP contribution in [0.15, 0.2) is 12.3 Å². The molecule has 146 valence electrons. The van der Waals surface area contributed by atoms with E-state index in [1.807, 2.05) is 4.90 Å². The number of ether oxygens (including phenoxy) is 2. The van der Waals surface area contributed by atoms with Crippen molar-refractivity contribution in [1.29, 1.82) is 0 Å². The van der Waals surface area contributed by atoms with E-state index >= 15 is 0 Å². The smallest absolute Gasteiger partial charge is 0.379 e. The number of hydrogen-bond acceptors (Lipinski definition) is 6. The van der Waals surface area contributed by atoms with Crippen LogP contribution < -0.4 is 4.90 Å². The topological polar surface area (TPSA) is 50.7 Å². The molecule has 0 radical (unpaired) electrons. The van der Waals surface area contributed by atoms with Gasteiger partial charge in [-0.3, -0.25) is 4.90 Å². The molecule has 2 saturated heterocycles. The number of anilines is 1. The van der Waals surface area contributed by atoms with Gasteiger partial charge in [-0.25, -0.2) is 9.97 Å². The molecule has 0 amide bonds. The largest absolute Gasteiger partial charge is 0.389 e. The highest BCUT2D eigenvalue weighted by atomic mass is 19.4. The van der Waals surface area contributed by atoms with Gasteiger partial charge in [0.2, 0.25) is 5.95 Å². The summed E-state index contributed by atoms with van der Waals surface area (Å²) in [6, 6.07) is 1.55. The second-order valence-corrected chi connectivity index (χ2v) is 6.67. The van der Waals surface area contributed by atoms with Gasteiger partial charge in [-0.1, -0.05) is 0 Å². The third-order valence-corrected chi connectivity index (χ3v) is 4.56. The van der Waals surface area contributed by atoms with Crippen molar-refractivity contribution in [2.24, 2.45) is 0 Å². The van der Waals surface area contributed by atoms with Crippen LogP contribution >= 0.6 is 0 Å². The number of rotatable bonds is 5. The third-order valence-electron chi connectivity index (χ3n) is 4.56. The van der Waals surface area contributed by atoms with Crippen LogP contribution in [0, 0.1) is 0 Å². The number of aryl methyl sites for hydroxylation is 1. The molecule has 3 heterocycles. The number of halogens is 3. The van der Waals surface area contributed by atoms with Crippen molar-refractivity contribution in [3.05, 3.63) is 18.0 Å². The SMILES string of the molecule is FC(F)(F)CCc1ccnc(N2CCCOC(CN3CCOCC3)C2)n1. The molecule has 0 saturated carbocycles. The monoisotopic (exact) mass is 374 g/mol. The Bertz CT molecular complexity index is 567. The van der Waals surface area contributed by atoms with E-state index in [-0.39, 0.29) is 12.5 Å². The predicted octanol–water partition coefficient (Wildman–Crippen LogP) is 1.90. The summed E-state index contributed by atoms with van der Waals surface area (Å²) >= 11 is 0. The molecule has 2 fully saturated rings. The molecule has 1 atom stereocenters. The predicted molar refractivity (Wildman–Crippen MR) is 90.2 cm³/mol. The van der Waals surface area contributed by atoms with Gasteiger partial charge in [0.1, 0.15) is 0 Å². The number of hydrogen-bond donors (Lipinski definition) is 0. The van der Waals surface area contributed by atoms with E-state index < -0.39 is 12.6 Å². The minimum Gasteiger partial charge on any atom is -0.379 e. The third kappa shape index (κ3) is 6.07. The highest BCUT2D eigenvalue weighted by molar-refractivity contribution is 5.31. The first-order valence-corrected chi connectivity index (χ1v) is 9.05. The molecule has 1 aromatic rings. The fourth-order valence-electron chi connectivity index (χ4n) is 3.20. The Labute approximate surface area is 151 Å². The number of aromatic nitrogens is 2. The van der Waals surface area contributed by atoms with Crippen molar-refractivity contribution in [3.8, 4) is 0 Å². The molecule has 6 nitrogen and oxygen atoms in total. The van der Waals surface area contributed by atoms with E-state index in [1.54, 1.807) is 6.07 Å². The maximum atomic E-state index is 12.4. The molecule has 1 aromatic heterocycles. The van der Waals surface area contributed by atoms with Crippen LogP contribution in [0.2, 0.25) is 0 Å². The molecule has 3 rings (SSSR count). The van der Waals surface area contributed by atoms with Gasteiger partial charge in [0, 0.05) is 57.6 Å². The molecule has 0 spiro atoms. The molecular weight excluding hydrogens is 349 g/mol. The summed E-state index contributed by atoms with van der Waals surface area (Å²) in [6.07, 6.45) is -2.76. The highest BCUT2D eigenvalue weighted by Crippen LogP contribution is 2.22. The van der Waals surface area contributed by atoms with Crippen LogP contribution in [-0.2, 0) is 15.9 Å². The molecule has 0 bridgehead atoms. The molecule has 2 aliphatic heterocycles. The average Bonchev–Trinajstić information content (AvgIpc) is 2.86. The van der Waals surface area contributed by atoms with Gasteiger partial charge < -0.3 is 14.4 Å². The molecule has 0 N–H and O–H groups in total. The first-order chi connectivity index (χ1) is 12.5. The van der Waals surface area contributed by atoms with Gasteiger partial charge in [-0.15, -0.1) is 0 Å². The van der Waals surface area contributed by atoms with Crippen molar-refractivity contribution < 1.29 is 22.6 Å². The Morgan fingerprint density at radius 2 is 1.96 bits per heavy atom. The number of nitrogens with zero attached hydrogens (tertiary/aromatic N) is 4. The standard InChI is InChI=1S/C17H25F3N4O2/c18-17(19,20)4-2-14-3-5-21-16(22-14)24-6-1-9-26-15(13-24)12-23-7-10-25-11-8-23/h3,5,15H,1-2,4,6-13H2. The van der Waals surface area contributed by atoms with Gasteiger partial charge in [0.15, 0.2) is 0 Å². The summed E-state index contributed by atoms with van der Waals surface area (Å²) in [6.45, 7) is 6.11. The lowest BCUT2D eigenvalue weighted by Crippen LogP contribution is -2.45. The van der Waals surface area contributed by atoms with E-state index in [9.17, 15) is 13.2 Å². The molecule has 0 aromatic carbocycles. The maximum Gasteiger partial charge on any atom is 0.389 e. The minimum absolute atomic E-state index is 0.0260. The Morgan fingerprint density at radius 3 is 2.73 bits per heavy atom. The fraction of sp³-hybridized carbons (Fsp3) is 0.765. The van der Waals surface area contributed by atoms with Crippen molar-refractivity contribution in [1.82, 2.24) is 14.9 Å². The van der Waals surface area contributed by atoms with Gasteiger partial charge in [-0.2, -0.15) is 13.2 Å². The van der Waals surface area contributed by atoms with Gasteiger partial charge in [-0.05, 0) is 18.9 Å². The lowest BCUT2D eigenvalue weighted by Gasteiger charge is -2.31. The van der Waals surface area contributed by atoms with Crippen LogP contribution in [0.1, 0.15) is 18.5 Å². The van der Waals surface area contributed by atoms with E-state index in [2.05, 4.69) is 14.9 Å². The first-order valence-electron chi connectivity index (χ1n) is 9.05. The second kappa shape index (κ2) is 8.96. The molecule has 1 unspecified atom stereocenters. The summed E-state index contributed by atoms with van der Waals surface area (Å²) in [7, 11) is 0. The lowest BCUT2D eigenvalue weighted by atomic mass is 10.2. The number of alkyl halides is 3. The van der Waals surface area contributed by atoms with Crippen LogP contribution in [0.5, 0.6) is 0 Å². The normalized spacial score (nSPS) is 23.0. The van der Waals surface area contributed by atoms with E-state index in [0.717, 1.165) is 45.8 Å². The molecule has 26 heavy (non-hydrogen) atoms. The lowest BCUT2D eigenvalue weighted by molar-refractivity contribution is -0.134. The fourth-order valence-corrected chi connectivity index (χ4v) is 3.20. The van der Waals surface area contributed by atoms with Crippen LogP contribution in [0.25, 0.3) is 0 Å². The maximum absolute atomic E-state index is 12.4. The molecule has 9 heteroatoms. The van der Waals surface area contributed by atoms with Crippen LogP contribution in [0.3, 0.4) is 0 Å². The summed E-state index contributed by atoms with van der Waals surface area (Å²) in [4.78, 5) is 13.0. The Hall–Kier alpha value is -1.45. The molecular formula is C17H25F3N4O2. The van der Waals surface area contributed by atoms with E-state index in [0.29, 0.717) is 24.8 Å².